The molecule has 0 aromatic rings. The lowest BCUT2D eigenvalue weighted by Gasteiger charge is -2.23. The van der Waals surface area contributed by atoms with Crippen LogP contribution >= 0.6 is 0 Å². The first-order valence-electron chi connectivity index (χ1n) is 6.63. The summed E-state index contributed by atoms with van der Waals surface area (Å²) in [5, 5.41) is 3.32. The van der Waals surface area contributed by atoms with E-state index in [1.54, 1.807) is 0 Å². The molecule has 1 saturated heterocycles. The Kier molecular flexibility index (Phi) is 5.59. The first-order valence-corrected chi connectivity index (χ1v) is 8.69. The van der Waals surface area contributed by atoms with Crippen molar-refractivity contribution in [3.8, 4) is 0 Å². The van der Waals surface area contributed by atoms with Crippen LogP contribution in [-0.4, -0.2) is 50.0 Å². The van der Waals surface area contributed by atoms with Crippen LogP contribution < -0.4 is 5.32 Å². The van der Waals surface area contributed by atoms with Crippen LogP contribution in [0.25, 0.3) is 0 Å². The second-order valence-corrected chi connectivity index (χ2v) is 7.21. The predicted octanol–water partition coefficient (Wildman–Crippen LogP) is 0.758. The van der Waals surface area contributed by atoms with Crippen molar-refractivity contribution in [3.63, 3.8) is 0 Å². The van der Waals surface area contributed by atoms with Crippen molar-refractivity contribution in [2.45, 2.75) is 51.7 Å². The highest BCUT2D eigenvalue weighted by Crippen LogP contribution is 2.17. The summed E-state index contributed by atoms with van der Waals surface area (Å²) in [4.78, 5) is 13.9. The van der Waals surface area contributed by atoms with Crippen LogP contribution in [0.2, 0.25) is 0 Å². The molecule has 2 atom stereocenters. The summed E-state index contributed by atoms with van der Waals surface area (Å²) in [6.45, 7) is 4.60. The number of hydrogen-bond acceptors (Lipinski definition) is 4. The van der Waals surface area contributed by atoms with Gasteiger partial charge in [-0.15, -0.1) is 0 Å². The standard InChI is InChI=1S/C12H24N2O3S/c1-4-7-11-13-10(5-2)12(15)14(11)8-6-9-18(3,16)17/h10-11,13H,4-9H2,1-3H3. The molecule has 1 aliphatic rings. The van der Waals surface area contributed by atoms with Gasteiger partial charge in [-0.2, -0.15) is 0 Å². The lowest BCUT2D eigenvalue weighted by Crippen LogP contribution is -2.38. The molecule has 18 heavy (non-hydrogen) atoms. The second-order valence-electron chi connectivity index (χ2n) is 4.95. The number of nitrogens with zero attached hydrogens (tertiary/aromatic N) is 1. The quantitative estimate of drug-likeness (QED) is 0.745. The molecule has 0 aromatic carbocycles. The van der Waals surface area contributed by atoms with Crippen molar-refractivity contribution in [1.29, 1.82) is 0 Å². The Morgan fingerprint density at radius 3 is 2.50 bits per heavy atom. The lowest BCUT2D eigenvalue weighted by atomic mass is 10.2. The van der Waals surface area contributed by atoms with E-state index >= 15 is 0 Å². The van der Waals surface area contributed by atoms with E-state index in [4.69, 9.17) is 0 Å². The maximum Gasteiger partial charge on any atom is 0.241 e. The summed E-state index contributed by atoms with van der Waals surface area (Å²) >= 11 is 0. The minimum atomic E-state index is -2.94. The summed E-state index contributed by atoms with van der Waals surface area (Å²) in [5.41, 5.74) is 0. The van der Waals surface area contributed by atoms with E-state index in [0.717, 1.165) is 19.3 Å². The van der Waals surface area contributed by atoms with Crippen molar-refractivity contribution < 1.29 is 13.2 Å². The van der Waals surface area contributed by atoms with Gasteiger partial charge < -0.3 is 4.90 Å². The zero-order chi connectivity index (χ0) is 13.8. The molecule has 0 radical (unpaired) electrons. The van der Waals surface area contributed by atoms with E-state index in [1.807, 2.05) is 11.8 Å². The fraction of sp³-hybridized carbons (Fsp3) is 0.917. The van der Waals surface area contributed by atoms with Crippen LogP contribution in [-0.2, 0) is 14.6 Å². The molecule has 1 rings (SSSR count). The van der Waals surface area contributed by atoms with E-state index < -0.39 is 9.84 Å². The molecular weight excluding hydrogens is 252 g/mol. The number of rotatable bonds is 7. The van der Waals surface area contributed by atoms with Gasteiger partial charge in [0.2, 0.25) is 5.91 Å². The predicted molar refractivity (Wildman–Crippen MR) is 72.0 cm³/mol. The summed E-state index contributed by atoms with van der Waals surface area (Å²) in [6.07, 6.45) is 4.53. The normalized spacial score (nSPS) is 24.8. The number of nitrogens with one attached hydrogen (secondary N) is 1. The fourth-order valence-electron chi connectivity index (χ4n) is 2.32. The highest BCUT2D eigenvalue weighted by atomic mass is 32.2. The Morgan fingerprint density at radius 1 is 1.33 bits per heavy atom. The van der Waals surface area contributed by atoms with Crippen molar-refractivity contribution in [2.75, 3.05) is 18.6 Å². The molecular formula is C12H24N2O3S. The zero-order valence-electron chi connectivity index (χ0n) is 11.5. The van der Waals surface area contributed by atoms with E-state index in [0.29, 0.717) is 13.0 Å². The minimum Gasteiger partial charge on any atom is -0.326 e. The number of carbonyl (C=O) groups excluding carboxylic acids is 1. The Hall–Kier alpha value is -0.620. The third-order valence-corrected chi connectivity index (χ3v) is 4.27. The van der Waals surface area contributed by atoms with Crippen LogP contribution in [0.15, 0.2) is 0 Å². The van der Waals surface area contributed by atoms with Gasteiger partial charge in [0.05, 0.1) is 18.0 Å². The third-order valence-electron chi connectivity index (χ3n) is 3.24. The van der Waals surface area contributed by atoms with Gasteiger partial charge in [0.15, 0.2) is 0 Å². The van der Waals surface area contributed by atoms with E-state index in [2.05, 4.69) is 12.2 Å². The smallest absolute Gasteiger partial charge is 0.241 e. The average molecular weight is 276 g/mol. The van der Waals surface area contributed by atoms with Crippen LogP contribution in [0, 0.1) is 0 Å². The Balaban J connectivity index is 2.56. The topological polar surface area (TPSA) is 66.5 Å². The molecule has 0 spiro atoms. The van der Waals surface area contributed by atoms with Crippen molar-refractivity contribution in [3.05, 3.63) is 0 Å². The molecule has 1 aliphatic heterocycles. The molecule has 1 N–H and O–H groups in total. The molecule has 0 bridgehead atoms. The average Bonchev–Trinajstić information content (AvgIpc) is 2.56. The lowest BCUT2D eigenvalue weighted by molar-refractivity contribution is -0.130. The fourth-order valence-corrected chi connectivity index (χ4v) is 2.97. The van der Waals surface area contributed by atoms with Gasteiger partial charge in [0.25, 0.3) is 0 Å². The van der Waals surface area contributed by atoms with Gasteiger partial charge in [-0.05, 0) is 19.3 Å². The van der Waals surface area contributed by atoms with E-state index in [-0.39, 0.29) is 23.9 Å². The summed E-state index contributed by atoms with van der Waals surface area (Å²) < 4.78 is 22.2. The van der Waals surface area contributed by atoms with Crippen LogP contribution in [0.3, 0.4) is 0 Å². The Morgan fingerprint density at radius 2 is 2.00 bits per heavy atom. The molecule has 0 aliphatic carbocycles. The molecule has 0 aromatic heterocycles. The molecule has 1 heterocycles. The third kappa shape index (κ3) is 4.24. The molecule has 106 valence electrons. The number of sulfone groups is 1. The molecule has 1 amide bonds. The second kappa shape index (κ2) is 6.52. The first kappa shape index (κ1) is 15.4. The number of amides is 1. The summed E-state index contributed by atoms with van der Waals surface area (Å²) in [5.74, 6) is 0.260. The highest BCUT2D eigenvalue weighted by molar-refractivity contribution is 7.90. The molecule has 6 heteroatoms. The van der Waals surface area contributed by atoms with E-state index in [9.17, 15) is 13.2 Å². The zero-order valence-corrected chi connectivity index (χ0v) is 12.3. The molecule has 5 nitrogen and oxygen atoms in total. The SMILES string of the molecule is CCCC1NC(CC)C(=O)N1CCCS(C)(=O)=O. The van der Waals surface area contributed by atoms with Gasteiger partial charge in [-0.25, -0.2) is 8.42 Å². The maximum absolute atomic E-state index is 12.1. The summed E-state index contributed by atoms with van der Waals surface area (Å²) in [7, 11) is -2.94. The van der Waals surface area contributed by atoms with Gasteiger partial charge in [0.1, 0.15) is 9.84 Å². The van der Waals surface area contributed by atoms with Gasteiger partial charge in [0, 0.05) is 12.8 Å². The maximum atomic E-state index is 12.1. The van der Waals surface area contributed by atoms with Crippen LogP contribution in [0.4, 0.5) is 0 Å². The first-order chi connectivity index (χ1) is 8.39. The highest BCUT2D eigenvalue weighted by Gasteiger charge is 2.36. The largest absolute Gasteiger partial charge is 0.326 e. The van der Waals surface area contributed by atoms with Crippen LogP contribution in [0.1, 0.15) is 39.5 Å². The molecule has 1 fully saturated rings. The number of carbonyl (C=O) groups is 1. The van der Waals surface area contributed by atoms with Crippen molar-refractivity contribution >= 4 is 15.7 Å². The van der Waals surface area contributed by atoms with Crippen LogP contribution in [0.5, 0.6) is 0 Å². The van der Waals surface area contributed by atoms with Gasteiger partial charge >= 0.3 is 0 Å². The molecule has 0 saturated carbocycles. The van der Waals surface area contributed by atoms with Gasteiger partial charge in [-0.3, -0.25) is 10.1 Å². The Bertz CT molecular complexity index is 381. The monoisotopic (exact) mass is 276 g/mol. The van der Waals surface area contributed by atoms with Crippen molar-refractivity contribution in [2.24, 2.45) is 0 Å². The van der Waals surface area contributed by atoms with Crippen molar-refractivity contribution in [1.82, 2.24) is 10.2 Å². The number of hydrogen-bond donors (Lipinski definition) is 1. The molecule has 2 unspecified atom stereocenters. The minimum absolute atomic E-state index is 0.0759. The van der Waals surface area contributed by atoms with E-state index in [1.165, 1.54) is 6.26 Å². The Labute approximate surface area is 110 Å². The summed E-state index contributed by atoms with van der Waals surface area (Å²) in [6, 6.07) is -0.0974. The van der Waals surface area contributed by atoms with Gasteiger partial charge in [-0.1, -0.05) is 20.3 Å².